The Morgan fingerprint density at radius 1 is 0.902 bits per heavy atom. The molecule has 6 atom stereocenters. The molecule has 0 aromatic heterocycles. The van der Waals surface area contributed by atoms with Crippen LogP contribution in [0.5, 0.6) is 0 Å². The SMILES string of the molecule is C#CC(OC(=O)c1ccc([N+](=O)[O-])cc1)C1CC2OC(C(CC=CCC)OC(=O)c3ccc([N+](=O)[O-])cc3)CC2O1. The molecule has 6 unspecified atom stereocenters. The molecule has 2 aromatic rings. The molecule has 0 radical (unpaired) electrons. The lowest BCUT2D eigenvalue weighted by atomic mass is 10.0. The fourth-order valence-electron chi connectivity index (χ4n) is 4.76. The molecule has 0 bridgehead atoms. The van der Waals surface area contributed by atoms with E-state index in [1.54, 1.807) is 0 Å². The summed E-state index contributed by atoms with van der Waals surface area (Å²) < 4.78 is 23.5. The van der Waals surface area contributed by atoms with Gasteiger partial charge in [-0.1, -0.05) is 25.0 Å². The molecular weight excluding hydrogens is 536 g/mol. The molecule has 0 amide bonds. The molecule has 2 heterocycles. The van der Waals surface area contributed by atoms with Crippen molar-refractivity contribution >= 4 is 23.3 Å². The maximum atomic E-state index is 12.8. The first-order valence-corrected chi connectivity index (χ1v) is 13.0. The molecule has 4 rings (SSSR count). The summed E-state index contributed by atoms with van der Waals surface area (Å²) in [5, 5.41) is 21.7. The number of fused-ring (bicyclic) bond motifs is 1. The average molecular weight is 565 g/mol. The fraction of sp³-hybridized carbons (Fsp3) is 0.379. The van der Waals surface area contributed by atoms with Crippen LogP contribution in [0.1, 0.15) is 53.3 Å². The van der Waals surface area contributed by atoms with Crippen molar-refractivity contribution in [2.24, 2.45) is 0 Å². The van der Waals surface area contributed by atoms with Gasteiger partial charge in [-0.2, -0.15) is 0 Å². The van der Waals surface area contributed by atoms with E-state index in [2.05, 4.69) is 5.92 Å². The second-order valence-electron chi connectivity index (χ2n) is 9.56. The minimum absolute atomic E-state index is 0.114. The lowest BCUT2D eigenvalue weighted by molar-refractivity contribution is -0.385. The van der Waals surface area contributed by atoms with E-state index in [1.165, 1.54) is 48.5 Å². The first-order chi connectivity index (χ1) is 19.7. The van der Waals surface area contributed by atoms with Crippen LogP contribution in [0, 0.1) is 32.6 Å². The van der Waals surface area contributed by atoms with Crippen molar-refractivity contribution < 1.29 is 38.4 Å². The molecule has 12 nitrogen and oxygen atoms in total. The maximum Gasteiger partial charge on any atom is 0.339 e. The Morgan fingerprint density at radius 2 is 1.39 bits per heavy atom. The van der Waals surface area contributed by atoms with Gasteiger partial charge in [-0.15, -0.1) is 6.42 Å². The molecule has 12 heteroatoms. The Hall–Kier alpha value is -4.60. The molecule has 0 N–H and O–H groups in total. The van der Waals surface area contributed by atoms with Crippen molar-refractivity contribution in [1.82, 2.24) is 0 Å². The average Bonchev–Trinajstić information content (AvgIpc) is 3.55. The van der Waals surface area contributed by atoms with Crippen LogP contribution in [-0.4, -0.2) is 58.4 Å². The summed E-state index contributed by atoms with van der Waals surface area (Å²) in [4.78, 5) is 46.0. The van der Waals surface area contributed by atoms with Crippen LogP contribution in [0.15, 0.2) is 60.7 Å². The van der Waals surface area contributed by atoms with E-state index in [4.69, 9.17) is 25.4 Å². The van der Waals surface area contributed by atoms with Crippen LogP contribution >= 0.6 is 0 Å². The van der Waals surface area contributed by atoms with Crippen molar-refractivity contribution in [2.75, 3.05) is 0 Å². The molecule has 2 aliphatic heterocycles. The quantitative estimate of drug-likeness (QED) is 0.125. The zero-order chi connectivity index (χ0) is 29.5. The summed E-state index contributed by atoms with van der Waals surface area (Å²) in [6.07, 6.45) is 7.98. The largest absolute Gasteiger partial charge is 0.456 e. The number of non-ortho nitro benzene ring substituents is 2. The van der Waals surface area contributed by atoms with Gasteiger partial charge in [0.15, 0.2) is 6.10 Å². The molecule has 214 valence electrons. The van der Waals surface area contributed by atoms with E-state index in [0.717, 1.165) is 6.42 Å². The summed E-state index contributed by atoms with van der Waals surface area (Å²) >= 11 is 0. The van der Waals surface area contributed by atoms with Crippen molar-refractivity contribution in [1.29, 1.82) is 0 Å². The number of terminal acetylenes is 1. The van der Waals surface area contributed by atoms with E-state index in [0.29, 0.717) is 19.3 Å². The van der Waals surface area contributed by atoms with Crippen LogP contribution in [0.25, 0.3) is 0 Å². The summed E-state index contributed by atoms with van der Waals surface area (Å²) in [6.45, 7) is 1.98. The molecule has 2 aliphatic rings. The van der Waals surface area contributed by atoms with Crippen molar-refractivity contribution in [2.45, 2.75) is 69.2 Å². The van der Waals surface area contributed by atoms with Crippen molar-refractivity contribution in [3.05, 3.63) is 92.0 Å². The zero-order valence-electron chi connectivity index (χ0n) is 22.1. The molecule has 41 heavy (non-hydrogen) atoms. The Labute approximate surface area is 235 Å². The molecule has 2 fully saturated rings. The number of hydrogen-bond acceptors (Lipinski definition) is 10. The second-order valence-corrected chi connectivity index (χ2v) is 9.56. The highest BCUT2D eigenvalue weighted by molar-refractivity contribution is 5.90. The normalized spacial score (nSPS) is 22.8. The minimum Gasteiger partial charge on any atom is -0.456 e. The lowest BCUT2D eigenvalue weighted by Gasteiger charge is -2.25. The summed E-state index contributed by atoms with van der Waals surface area (Å²) in [5.41, 5.74) is 0.00592. The lowest BCUT2D eigenvalue weighted by Crippen LogP contribution is -2.34. The number of carbonyl (C=O) groups is 2. The van der Waals surface area contributed by atoms with Gasteiger partial charge in [-0.3, -0.25) is 20.2 Å². The third-order valence-corrected chi connectivity index (χ3v) is 6.85. The van der Waals surface area contributed by atoms with Gasteiger partial charge in [0.2, 0.25) is 0 Å². The minimum atomic E-state index is -1.01. The van der Waals surface area contributed by atoms with Gasteiger partial charge < -0.3 is 18.9 Å². The summed E-state index contributed by atoms with van der Waals surface area (Å²) in [6, 6.07) is 10.1. The molecule has 2 saturated heterocycles. The Bertz CT molecular complexity index is 1340. The second kappa shape index (κ2) is 13.2. The van der Waals surface area contributed by atoms with E-state index in [1.807, 2.05) is 19.1 Å². The molecular formula is C29H28N2O10. The number of hydrogen-bond donors (Lipinski definition) is 0. The van der Waals surface area contributed by atoms with Gasteiger partial charge in [-0.25, -0.2) is 9.59 Å². The molecule has 2 aromatic carbocycles. The monoisotopic (exact) mass is 564 g/mol. The first-order valence-electron chi connectivity index (χ1n) is 13.0. The van der Waals surface area contributed by atoms with Gasteiger partial charge in [0, 0.05) is 43.5 Å². The maximum absolute atomic E-state index is 12.8. The van der Waals surface area contributed by atoms with Crippen molar-refractivity contribution in [3.63, 3.8) is 0 Å². The number of ether oxygens (including phenoxy) is 4. The number of esters is 2. The number of nitro benzene ring substituents is 2. The van der Waals surface area contributed by atoms with Gasteiger partial charge in [0.25, 0.3) is 11.4 Å². The standard InChI is InChI=1S/C29H28N2O10/c1-3-5-6-7-23(41-29(33)19-10-14-21(15-11-19)31(36)37)25-17-27-26(39-25)16-24(38-27)22(4-2)40-28(32)18-8-12-20(13-9-18)30(34)35/h2,5-6,8-15,22-27H,3,7,16-17H2,1H3. The number of rotatable bonds is 11. The fourth-order valence-corrected chi connectivity index (χ4v) is 4.76. The number of carbonyl (C=O) groups excluding carboxylic acids is 2. The van der Waals surface area contributed by atoms with Gasteiger partial charge in [-0.05, 0) is 30.7 Å². The Kier molecular flexibility index (Phi) is 9.44. The van der Waals surface area contributed by atoms with Crippen LogP contribution < -0.4 is 0 Å². The van der Waals surface area contributed by atoms with E-state index >= 15 is 0 Å². The smallest absolute Gasteiger partial charge is 0.339 e. The predicted molar refractivity (Wildman–Crippen MR) is 144 cm³/mol. The van der Waals surface area contributed by atoms with E-state index in [-0.39, 0.29) is 34.7 Å². The molecule has 0 spiro atoms. The number of allylic oxidation sites excluding steroid dienone is 1. The first kappa shape index (κ1) is 29.4. The van der Waals surface area contributed by atoms with Gasteiger partial charge >= 0.3 is 11.9 Å². The highest BCUT2D eigenvalue weighted by atomic mass is 16.6. The van der Waals surface area contributed by atoms with E-state index < -0.39 is 46.2 Å². The molecule has 0 saturated carbocycles. The number of benzene rings is 2. The van der Waals surface area contributed by atoms with Gasteiger partial charge in [0.1, 0.15) is 12.2 Å². The zero-order valence-corrected chi connectivity index (χ0v) is 22.1. The summed E-state index contributed by atoms with van der Waals surface area (Å²) in [7, 11) is 0. The highest BCUT2D eigenvalue weighted by Gasteiger charge is 2.49. The Balaban J connectivity index is 1.36. The third kappa shape index (κ3) is 7.13. The topological polar surface area (TPSA) is 157 Å². The van der Waals surface area contributed by atoms with E-state index in [9.17, 15) is 29.8 Å². The summed E-state index contributed by atoms with van der Waals surface area (Å²) in [5.74, 6) is 1.08. The number of nitrogens with zero attached hydrogens (tertiary/aromatic N) is 2. The number of nitro groups is 2. The van der Waals surface area contributed by atoms with Crippen LogP contribution in [0.3, 0.4) is 0 Å². The van der Waals surface area contributed by atoms with Crippen molar-refractivity contribution in [3.8, 4) is 12.3 Å². The van der Waals surface area contributed by atoms with Gasteiger partial charge in [0.05, 0.1) is 39.3 Å². The van der Waals surface area contributed by atoms with Crippen LogP contribution in [0.4, 0.5) is 11.4 Å². The third-order valence-electron chi connectivity index (χ3n) is 6.85. The van der Waals surface area contributed by atoms with Crippen LogP contribution in [0.2, 0.25) is 0 Å². The Morgan fingerprint density at radius 3 is 1.88 bits per heavy atom. The highest BCUT2D eigenvalue weighted by Crippen LogP contribution is 2.38. The van der Waals surface area contributed by atoms with Crippen LogP contribution in [-0.2, 0) is 18.9 Å². The predicted octanol–water partition coefficient (Wildman–Crippen LogP) is 4.56. The molecule has 0 aliphatic carbocycles.